The highest BCUT2D eigenvalue weighted by Crippen LogP contribution is 2.29. The van der Waals surface area contributed by atoms with E-state index in [9.17, 15) is 4.79 Å². The molecule has 22 heavy (non-hydrogen) atoms. The van der Waals surface area contributed by atoms with Crippen molar-refractivity contribution in [3.63, 3.8) is 0 Å². The van der Waals surface area contributed by atoms with Crippen LogP contribution in [0.15, 0.2) is 37.1 Å². The van der Waals surface area contributed by atoms with Crippen LogP contribution in [-0.4, -0.2) is 38.4 Å². The highest BCUT2D eigenvalue weighted by Gasteiger charge is 2.34. The summed E-state index contributed by atoms with van der Waals surface area (Å²) in [5.41, 5.74) is 0.891. The van der Waals surface area contributed by atoms with E-state index >= 15 is 0 Å². The van der Waals surface area contributed by atoms with E-state index in [2.05, 4.69) is 16.9 Å². The molecule has 0 atom stereocenters. The van der Waals surface area contributed by atoms with Crippen molar-refractivity contribution in [1.82, 2.24) is 19.9 Å². The topological polar surface area (TPSA) is 51.0 Å². The first-order chi connectivity index (χ1) is 10.6. The quantitative estimate of drug-likeness (QED) is 0.786. The molecule has 0 saturated heterocycles. The van der Waals surface area contributed by atoms with Gasteiger partial charge in [-0.2, -0.15) is 0 Å². The normalized spacial score (nSPS) is 13.9. The van der Waals surface area contributed by atoms with Crippen molar-refractivity contribution >= 4 is 29.1 Å². The van der Waals surface area contributed by atoms with Crippen LogP contribution in [0.3, 0.4) is 0 Å². The molecule has 1 saturated carbocycles. The van der Waals surface area contributed by atoms with Crippen molar-refractivity contribution in [2.45, 2.75) is 18.9 Å². The Morgan fingerprint density at radius 2 is 2.23 bits per heavy atom. The predicted molar refractivity (Wildman–Crippen MR) is 85.6 cm³/mol. The van der Waals surface area contributed by atoms with E-state index in [0.717, 1.165) is 12.8 Å². The van der Waals surface area contributed by atoms with Gasteiger partial charge < -0.3 is 4.90 Å². The zero-order valence-corrected chi connectivity index (χ0v) is 13.3. The van der Waals surface area contributed by atoms with Gasteiger partial charge in [0.25, 0.3) is 5.91 Å². The van der Waals surface area contributed by atoms with E-state index in [1.165, 1.54) is 10.9 Å². The standard InChI is InChI=1S/C15H14Cl2N4O/c1-2-7-20(11-4-5-11)15(22)14-9-18-19-21(14)13-8-10(16)3-6-12(13)17/h2-3,6,8-9,11H,1,4-5,7H2. The maximum absolute atomic E-state index is 12.8. The molecule has 0 unspecified atom stereocenters. The molecule has 1 heterocycles. The first-order valence-electron chi connectivity index (χ1n) is 6.90. The summed E-state index contributed by atoms with van der Waals surface area (Å²) in [6.07, 6.45) is 5.19. The van der Waals surface area contributed by atoms with E-state index in [-0.39, 0.29) is 11.9 Å². The van der Waals surface area contributed by atoms with Crippen LogP contribution in [0.4, 0.5) is 0 Å². The fraction of sp³-hybridized carbons (Fsp3) is 0.267. The molecule has 1 fully saturated rings. The number of hydrogen-bond donors (Lipinski definition) is 0. The van der Waals surface area contributed by atoms with Gasteiger partial charge in [-0.1, -0.05) is 34.5 Å². The number of halogens is 2. The lowest BCUT2D eigenvalue weighted by Crippen LogP contribution is -2.34. The Labute approximate surface area is 138 Å². The molecule has 1 aromatic carbocycles. The summed E-state index contributed by atoms with van der Waals surface area (Å²) >= 11 is 12.2. The molecule has 1 aliphatic rings. The molecule has 1 aromatic heterocycles. The van der Waals surface area contributed by atoms with Crippen LogP contribution in [0.1, 0.15) is 23.3 Å². The molecule has 0 aliphatic heterocycles. The monoisotopic (exact) mass is 336 g/mol. The summed E-state index contributed by atoms with van der Waals surface area (Å²) in [5, 5.41) is 8.79. The molecule has 1 amide bonds. The Balaban J connectivity index is 1.99. The third kappa shape index (κ3) is 2.87. The van der Waals surface area contributed by atoms with Crippen molar-refractivity contribution in [2.75, 3.05) is 6.54 Å². The zero-order chi connectivity index (χ0) is 15.7. The lowest BCUT2D eigenvalue weighted by atomic mass is 10.3. The summed E-state index contributed by atoms with van der Waals surface area (Å²) in [7, 11) is 0. The van der Waals surface area contributed by atoms with Gasteiger partial charge in [-0.05, 0) is 31.0 Å². The van der Waals surface area contributed by atoms with Crippen molar-refractivity contribution in [2.24, 2.45) is 0 Å². The molecular weight excluding hydrogens is 323 g/mol. The van der Waals surface area contributed by atoms with Crippen molar-refractivity contribution in [1.29, 1.82) is 0 Å². The average molecular weight is 337 g/mol. The molecular formula is C15H14Cl2N4O. The van der Waals surface area contributed by atoms with E-state index in [1.807, 2.05) is 0 Å². The number of carbonyl (C=O) groups is 1. The summed E-state index contributed by atoms with van der Waals surface area (Å²) in [4.78, 5) is 14.5. The molecule has 0 radical (unpaired) electrons. The number of aromatic nitrogens is 3. The van der Waals surface area contributed by atoms with E-state index < -0.39 is 0 Å². The Kier molecular flexibility index (Phi) is 4.18. The van der Waals surface area contributed by atoms with Crippen LogP contribution in [0.25, 0.3) is 5.69 Å². The molecule has 1 aliphatic carbocycles. The first kappa shape index (κ1) is 15.1. The molecule has 2 aromatic rings. The minimum absolute atomic E-state index is 0.136. The Hall–Kier alpha value is -1.85. The van der Waals surface area contributed by atoms with Gasteiger partial charge in [0, 0.05) is 17.6 Å². The van der Waals surface area contributed by atoms with Crippen LogP contribution >= 0.6 is 23.2 Å². The van der Waals surface area contributed by atoms with Crippen molar-refractivity contribution in [3.05, 3.63) is 52.8 Å². The minimum Gasteiger partial charge on any atom is -0.331 e. The third-order valence-electron chi connectivity index (χ3n) is 3.48. The number of carbonyl (C=O) groups excluding carboxylic acids is 1. The molecule has 0 bridgehead atoms. The SMILES string of the molecule is C=CCN(C(=O)c1cnnn1-c1cc(Cl)ccc1Cl)C1CC1. The van der Waals surface area contributed by atoms with Gasteiger partial charge >= 0.3 is 0 Å². The maximum atomic E-state index is 12.8. The summed E-state index contributed by atoms with van der Waals surface area (Å²) in [6, 6.07) is 5.27. The Bertz CT molecular complexity index is 724. The van der Waals surface area contributed by atoms with Gasteiger partial charge in [0.05, 0.1) is 16.9 Å². The first-order valence-corrected chi connectivity index (χ1v) is 7.65. The zero-order valence-electron chi connectivity index (χ0n) is 11.7. The summed E-state index contributed by atoms with van der Waals surface area (Å²) in [5.74, 6) is -0.136. The third-order valence-corrected chi connectivity index (χ3v) is 4.03. The van der Waals surface area contributed by atoms with Gasteiger partial charge in [0.1, 0.15) is 0 Å². The molecule has 5 nitrogen and oxygen atoms in total. The fourth-order valence-corrected chi connectivity index (χ4v) is 2.64. The molecule has 114 valence electrons. The second-order valence-electron chi connectivity index (χ2n) is 5.10. The van der Waals surface area contributed by atoms with E-state index in [1.54, 1.807) is 29.2 Å². The molecule has 0 spiro atoms. The van der Waals surface area contributed by atoms with Gasteiger partial charge in [0.15, 0.2) is 5.69 Å². The average Bonchev–Trinajstić information content (AvgIpc) is 3.23. The number of rotatable bonds is 5. The Morgan fingerprint density at radius 3 is 2.91 bits per heavy atom. The number of hydrogen-bond acceptors (Lipinski definition) is 3. The van der Waals surface area contributed by atoms with Crippen LogP contribution in [-0.2, 0) is 0 Å². The number of amides is 1. The van der Waals surface area contributed by atoms with E-state index in [0.29, 0.717) is 28.0 Å². The number of benzene rings is 1. The molecule has 7 heteroatoms. The predicted octanol–water partition coefficient (Wildman–Crippen LogP) is 3.36. The lowest BCUT2D eigenvalue weighted by Gasteiger charge is -2.20. The highest BCUT2D eigenvalue weighted by atomic mass is 35.5. The smallest absolute Gasteiger partial charge is 0.274 e. The molecule has 3 rings (SSSR count). The fourth-order valence-electron chi connectivity index (χ4n) is 2.28. The Morgan fingerprint density at radius 1 is 1.45 bits per heavy atom. The van der Waals surface area contributed by atoms with Crippen LogP contribution in [0.2, 0.25) is 10.0 Å². The number of nitrogens with zero attached hydrogens (tertiary/aromatic N) is 4. The van der Waals surface area contributed by atoms with E-state index in [4.69, 9.17) is 23.2 Å². The second-order valence-corrected chi connectivity index (χ2v) is 5.95. The largest absolute Gasteiger partial charge is 0.331 e. The maximum Gasteiger partial charge on any atom is 0.274 e. The van der Waals surface area contributed by atoms with Crippen LogP contribution in [0, 0.1) is 0 Å². The van der Waals surface area contributed by atoms with Crippen LogP contribution < -0.4 is 0 Å². The summed E-state index contributed by atoms with van der Waals surface area (Å²) < 4.78 is 1.43. The second kappa shape index (κ2) is 6.10. The molecule has 0 N–H and O–H groups in total. The minimum atomic E-state index is -0.136. The van der Waals surface area contributed by atoms with Crippen molar-refractivity contribution in [3.8, 4) is 5.69 Å². The summed E-state index contributed by atoms with van der Waals surface area (Å²) in [6.45, 7) is 4.21. The highest BCUT2D eigenvalue weighted by molar-refractivity contribution is 6.34. The lowest BCUT2D eigenvalue weighted by molar-refractivity contribution is 0.0753. The van der Waals surface area contributed by atoms with Gasteiger partial charge in [-0.3, -0.25) is 4.79 Å². The van der Waals surface area contributed by atoms with Gasteiger partial charge in [0.2, 0.25) is 0 Å². The van der Waals surface area contributed by atoms with Gasteiger partial charge in [-0.15, -0.1) is 11.7 Å². The van der Waals surface area contributed by atoms with Gasteiger partial charge in [-0.25, -0.2) is 4.68 Å². The van der Waals surface area contributed by atoms with Crippen molar-refractivity contribution < 1.29 is 4.79 Å². The van der Waals surface area contributed by atoms with Crippen LogP contribution in [0.5, 0.6) is 0 Å².